The highest BCUT2D eigenvalue weighted by molar-refractivity contribution is 5.88. The van der Waals surface area contributed by atoms with Crippen LogP contribution in [0.3, 0.4) is 0 Å². The number of hydrogen-bond acceptors (Lipinski definition) is 2. The number of benzene rings is 2. The van der Waals surface area contributed by atoms with E-state index in [2.05, 4.69) is 37.3 Å². The lowest BCUT2D eigenvalue weighted by Crippen LogP contribution is -2.12. The van der Waals surface area contributed by atoms with Crippen LogP contribution in [0.4, 0.5) is 0 Å². The summed E-state index contributed by atoms with van der Waals surface area (Å²) in [4.78, 5) is 0. The first kappa shape index (κ1) is 15.8. The third-order valence-corrected chi connectivity index (χ3v) is 3.39. The monoisotopic (exact) mass is 279 g/mol. The fourth-order valence-electron chi connectivity index (χ4n) is 2.40. The Hall–Kier alpha value is -1.25. The van der Waals surface area contributed by atoms with Crippen molar-refractivity contribution in [3.8, 4) is 5.75 Å². The molecule has 0 amide bonds. The van der Waals surface area contributed by atoms with Crippen molar-refractivity contribution in [2.45, 2.75) is 32.2 Å². The van der Waals surface area contributed by atoms with Crippen molar-refractivity contribution in [1.82, 2.24) is 0 Å². The lowest BCUT2D eigenvalue weighted by molar-refractivity contribution is 0.404. The van der Waals surface area contributed by atoms with Crippen LogP contribution in [0.1, 0.15) is 37.8 Å². The minimum absolute atomic E-state index is 0. The molecular formula is C16H22ClNO. The van der Waals surface area contributed by atoms with Gasteiger partial charge in [-0.1, -0.05) is 50.1 Å². The van der Waals surface area contributed by atoms with Gasteiger partial charge in [-0.05, 0) is 23.3 Å². The van der Waals surface area contributed by atoms with E-state index >= 15 is 0 Å². The number of ether oxygens (including phenoxy) is 1. The molecule has 2 nitrogen and oxygen atoms in total. The molecule has 104 valence electrons. The van der Waals surface area contributed by atoms with Gasteiger partial charge in [0, 0.05) is 11.6 Å². The molecule has 0 saturated heterocycles. The first-order valence-corrected chi connectivity index (χ1v) is 6.59. The minimum atomic E-state index is 0. The normalized spacial score (nSPS) is 11.9. The average molecular weight is 280 g/mol. The van der Waals surface area contributed by atoms with E-state index in [0.29, 0.717) is 0 Å². The Morgan fingerprint density at radius 3 is 2.58 bits per heavy atom. The summed E-state index contributed by atoms with van der Waals surface area (Å²) in [5, 5.41) is 2.43. The molecule has 19 heavy (non-hydrogen) atoms. The van der Waals surface area contributed by atoms with Crippen molar-refractivity contribution < 1.29 is 4.74 Å². The summed E-state index contributed by atoms with van der Waals surface area (Å²) in [5.41, 5.74) is 7.49. The van der Waals surface area contributed by atoms with Gasteiger partial charge < -0.3 is 10.5 Å². The van der Waals surface area contributed by atoms with E-state index in [1.54, 1.807) is 7.11 Å². The van der Waals surface area contributed by atoms with Gasteiger partial charge in [0.25, 0.3) is 0 Å². The zero-order chi connectivity index (χ0) is 13.0. The summed E-state index contributed by atoms with van der Waals surface area (Å²) in [6.07, 6.45) is 3.31. The molecule has 0 aliphatic rings. The van der Waals surface area contributed by atoms with E-state index in [0.717, 1.165) is 24.2 Å². The first-order valence-electron chi connectivity index (χ1n) is 6.59. The number of fused-ring (bicyclic) bond motifs is 1. The Labute approximate surface area is 121 Å². The quantitative estimate of drug-likeness (QED) is 0.877. The third-order valence-electron chi connectivity index (χ3n) is 3.39. The summed E-state index contributed by atoms with van der Waals surface area (Å²) in [6.45, 7) is 2.19. The average Bonchev–Trinajstić information content (AvgIpc) is 2.43. The van der Waals surface area contributed by atoms with Crippen LogP contribution in [0, 0.1) is 0 Å². The van der Waals surface area contributed by atoms with Gasteiger partial charge in [0.15, 0.2) is 0 Å². The highest BCUT2D eigenvalue weighted by atomic mass is 35.5. The van der Waals surface area contributed by atoms with Crippen molar-refractivity contribution in [2.24, 2.45) is 5.73 Å². The molecular weight excluding hydrogens is 258 g/mol. The van der Waals surface area contributed by atoms with Gasteiger partial charge in [-0.25, -0.2) is 0 Å². The number of nitrogens with two attached hydrogens (primary N) is 1. The van der Waals surface area contributed by atoms with Gasteiger partial charge in [-0.15, -0.1) is 12.4 Å². The van der Waals surface area contributed by atoms with Gasteiger partial charge in [0.1, 0.15) is 5.75 Å². The van der Waals surface area contributed by atoms with Crippen molar-refractivity contribution in [3.05, 3.63) is 42.0 Å². The summed E-state index contributed by atoms with van der Waals surface area (Å²) in [7, 11) is 1.71. The molecule has 2 aromatic rings. The second kappa shape index (κ2) is 7.37. The fourth-order valence-corrected chi connectivity index (χ4v) is 2.40. The Kier molecular flexibility index (Phi) is 6.13. The molecule has 2 N–H and O–H groups in total. The lowest BCUT2D eigenvalue weighted by atomic mass is 9.95. The molecule has 3 heteroatoms. The SMILES string of the molecule is CCCC[C@H](N)c1c(OC)ccc2ccccc12.Cl. The Bertz CT molecular complexity index is 527. The first-order chi connectivity index (χ1) is 8.77. The smallest absolute Gasteiger partial charge is 0.124 e. The molecule has 0 radical (unpaired) electrons. The number of unbranched alkanes of at least 4 members (excludes halogenated alkanes) is 1. The van der Waals surface area contributed by atoms with E-state index in [-0.39, 0.29) is 18.4 Å². The fraction of sp³-hybridized carbons (Fsp3) is 0.375. The highest BCUT2D eigenvalue weighted by Crippen LogP contribution is 2.33. The second-order valence-corrected chi connectivity index (χ2v) is 4.65. The molecule has 2 rings (SSSR count). The van der Waals surface area contributed by atoms with Crippen LogP contribution in [-0.2, 0) is 0 Å². The Morgan fingerprint density at radius 2 is 1.89 bits per heavy atom. The molecule has 0 aliphatic heterocycles. The van der Waals surface area contributed by atoms with Crippen LogP contribution in [0.5, 0.6) is 5.75 Å². The molecule has 0 saturated carbocycles. The van der Waals surface area contributed by atoms with Crippen LogP contribution in [-0.4, -0.2) is 7.11 Å². The molecule has 0 spiro atoms. The van der Waals surface area contributed by atoms with Gasteiger partial charge in [0.05, 0.1) is 7.11 Å². The summed E-state index contributed by atoms with van der Waals surface area (Å²) < 4.78 is 5.47. The number of halogens is 1. The van der Waals surface area contributed by atoms with Crippen molar-refractivity contribution in [1.29, 1.82) is 0 Å². The topological polar surface area (TPSA) is 35.2 Å². The van der Waals surface area contributed by atoms with Crippen molar-refractivity contribution in [3.63, 3.8) is 0 Å². The molecule has 0 aliphatic carbocycles. The molecule has 0 bridgehead atoms. The number of rotatable bonds is 5. The molecule has 1 atom stereocenters. The van der Waals surface area contributed by atoms with Crippen LogP contribution >= 0.6 is 12.4 Å². The van der Waals surface area contributed by atoms with E-state index in [1.807, 2.05) is 6.07 Å². The standard InChI is InChI=1S/C16H21NO.ClH/c1-3-4-9-14(17)16-13-8-6-5-7-12(13)10-11-15(16)18-2;/h5-8,10-11,14H,3-4,9,17H2,1-2H3;1H/t14-;/m0./s1. The number of methoxy groups -OCH3 is 1. The Balaban J connectivity index is 0.00000180. The molecule has 0 heterocycles. The van der Waals surface area contributed by atoms with E-state index < -0.39 is 0 Å². The van der Waals surface area contributed by atoms with Crippen LogP contribution in [0.15, 0.2) is 36.4 Å². The van der Waals surface area contributed by atoms with Gasteiger partial charge in [-0.3, -0.25) is 0 Å². The van der Waals surface area contributed by atoms with E-state index in [1.165, 1.54) is 17.2 Å². The largest absolute Gasteiger partial charge is 0.496 e. The molecule has 0 unspecified atom stereocenters. The van der Waals surface area contributed by atoms with Crippen LogP contribution in [0.2, 0.25) is 0 Å². The van der Waals surface area contributed by atoms with Crippen molar-refractivity contribution >= 4 is 23.2 Å². The maximum Gasteiger partial charge on any atom is 0.124 e. The maximum absolute atomic E-state index is 6.34. The molecule has 0 aromatic heterocycles. The van der Waals surface area contributed by atoms with Crippen LogP contribution in [0.25, 0.3) is 10.8 Å². The predicted molar refractivity (Wildman–Crippen MR) is 84.2 cm³/mol. The molecule has 0 fully saturated rings. The second-order valence-electron chi connectivity index (χ2n) is 4.65. The van der Waals surface area contributed by atoms with E-state index in [4.69, 9.17) is 10.5 Å². The van der Waals surface area contributed by atoms with Gasteiger partial charge in [0.2, 0.25) is 0 Å². The van der Waals surface area contributed by atoms with Crippen molar-refractivity contribution in [2.75, 3.05) is 7.11 Å². The minimum Gasteiger partial charge on any atom is -0.496 e. The zero-order valence-corrected chi connectivity index (χ0v) is 12.4. The predicted octanol–water partition coefficient (Wildman–Crippen LogP) is 4.46. The van der Waals surface area contributed by atoms with E-state index in [9.17, 15) is 0 Å². The summed E-state index contributed by atoms with van der Waals surface area (Å²) in [5.74, 6) is 0.900. The van der Waals surface area contributed by atoms with Gasteiger partial charge >= 0.3 is 0 Å². The lowest BCUT2D eigenvalue weighted by Gasteiger charge is -2.18. The van der Waals surface area contributed by atoms with Gasteiger partial charge in [-0.2, -0.15) is 0 Å². The third kappa shape index (κ3) is 3.40. The maximum atomic E-state index is 6.34. The zero-order valence-electron chi connectivity index (χ0n) is 11.6. The summed E-state index contributed by atoms with van der Waals surface area (Å²) >= 11 is 0. The Morgan fingerprint density at radius 1 is 1.16 bits per heavy atom. The highest BCUT2D eigenvalue weighted by Gasteiger charge is 2.14. The molecule has 2 aromatic carbocycles. The summed E-state index contributed by atoms with van der Waals surface area (Å²) in [6, 6.07) is 12.5. The van der Waals surface area contributed by atoms with Crippen LogP contribution < -0.4 is 10.5 Å². The number of hydrogen-bond donors (Lipinski definition) is 1.